The van der Waals surface area contributed by atoms with Gasteiger partial charge in [-0.05, 0) is 29.7 Å². The largest absolute Gasteiger partial charge is 0.481 e. The van der Waals surface area contributed by atoms with Crippen LogP contribution in [0.5, 0.6) is 0 Å². The third-order valence-corrected chi connectivity index (χ3v) is 3.29. The van der Waals surface area contributed by atoms with Gasteiger partial charge in [0.05, 0.1) is 0 Å². The number of carbonyl (C=O) groups excluding carboxylic acids is 1. The van der Waals surface area contributed by atoms with E-state index >= 15 is 0 Å². The smallest absolute Gasteiger partial charge is 0.303 e. The lowest BCUT2D eigenvalue weighted by Gasteiger charge is -2.17. The Bertz CT molecular complexity index is 387. The number of aliphatic carboxylic acids is 1. The van der Waals surface area contributed by atoms with Gasteiger partial charge in [-0.25, -0.2) is 0 Å². The minimum absolute atomic E-state index is 0.00918. The number of carboxylic acid groups (broad SMARTS) is 1. The van der Waals surface area contributed by atoms with E-state index in [1.807, 2.05) is 5.38 Å². The van der Waals surface area contributed by atoms with Gasteiger partial charge in [-0.15, -0.1) is 0 Å². The van der Waals surface area contributed by atoms with Gasteiger partial charge >= 0.3 is 5.97 Å². The molecule has 5 heteroatoms. The standard InChI is InChI=1S/C13H19NO3S/c1-9(2)5-10(6-12(15)16)7-14-13(17)11-3-4-18-8-11/h3-4,8-10H,5-7H2,1-2H3,(H,14,17)(H,15,16)/t10-/m0/s1. The van der Waals surface area contributed by atoms with E-state index in [1.165, 1.54) is 11.3 Å². The maximum absolute atomic E-state index is 11.7. The number of hydrogen-bond donors (Lipinski definition) is 2. The summed E-state index contributed by atoms with van der Waals surface area (Å²) in [4.78, 5) is 22.5. The summed E-state index contributed by atoms with van der Waals surface area (Å²) in [6.07, 6.45) is 0.901. The van der Waals surface area contributed by atoms with Crippen LogP contribution in [-0.4, -0.2) is 23.5 Å². The molecule has 1 atom stereocenters. The second-order valence-electron chi connectivity index (χ2n) is 4.82. The highest BCUT2D eigenvalue weighted by molar-refractivity contribution is 7.08. The van der Waals surface area contributed by atoms with Crippen molar-refractivity contribution < 1.29 is 14.7 Å². The molecular formula is C13H19NO3S. The molecule has 0 saturated carbocycles. The molecule has 1 rings (SSSR count). The molecule has 2 N–H and O–H groups in total. The fraction of sp³-hybridized carbons (Fsp3) is 0.538. The van der Waals surface area contributed by atoms with E-state index in [-0.39, 0.29) is 18.2 Å². The fourth-order valence-corrected chi connectivity index (χ4v) is 2.52. The second kappa shape index (κ2) is 7.16. The lowest BCUT2D eigenvalue weighted by atomic mass is 9.94. The zero-order valence-corrected chi connectivity index (χ0v) is 11.5. The Morgan fingerprint density at radius 1 is 1.44 bits per heavy atom. The Morgan fingerprint density at radius 2 is 2.17 bits per heavy atom. The molecule has 0 aromatic carbocycles. The molecule has 0 aliphatic rings. The van der Waals surface area contributed by atoms with E-state index < -0.39 is 5.97 Å². The molecule has 4 nitrogen and oxygen atoms in total. The van der Waals surface area contributed by atoms with Crippen LogP contribution in [0.15, 0.2) is 16.8 Å². The summed E-state index contributed by atoms with van der Waals surface area (Å²) in [5.41, 5.74) is 0.638. The van der Waals surface area contributed by atoms with Crippen molar-refractivity contribution in [2.24, 2.45) is 11.8 Å². The first-order valence-electron chi connectivity index (χ1n) is 6.01. The normalized spacial score (nSPS) is 12.4. The van der Waals surface area contributed by atoms with Gasteiger partial charge in [0.1, 0.15) is 0 Å². The van der Waals surface area contributed by atoms with Gasteiger partial charge in [-0.3, -0.25) is 9.59 Å². The molecule has 0 fully saturated rings. The molecule has 0 spiro atoms. The summed E-state index contributed by atoms with van der Waals surface area (Å²) >= 11 is 1.47. The van der Waals surface area contributed by atoms with E-state index in [4.69, 9.17) is 5.11 Å². The van der Waals surface area contributed by atoms with E-state index in [0.29, 0.717) is 18.0 Å². The maximum atomic E-state index is 11.7. The summed E-state index contributed by atoms with van der Waals surface area (Å²) in [5, 5.41) is 15.3. The first kappa shape index (κ1) is 14.7. The molecule has 18 heavy (non-hydrogen) atoms. The summed E-state index contributed by atoms with van der Waals surface area (Å²) in [5.74, 6) is -0.529. The number of hydrogen-bond acceptors (Lipinski definition) is 3. The average Bonchev–Trinajstić information content (AvgIpc) is 2.77. The van der Waals surface area contributed by atoms with Crippen LogP contribution in [0.25, 0.3) is 0 Å². The molecule has 0 aliphatic carbocycles. The van der Waals surface area contributed by atoms with Crippen LogP contribution in [0.2, 0.25) is 0 Å². The monoisotopic (exact) mass is 269 g/mol. The van der Waals surface area contributed by atoms with Crippen molar-refractivity contribution in [1.29, 1.82) is 0 Å². The van der Waals surface area contributed by atoms with Crippen molar-refractivity contribution in [3.05, 3.63) is 22.4 Å². The van der Waals surface area contributed by atoms with Gasteiger partial charge in [0.15, 0.2) is 0 Å². The van der Waals surface area contributed by atoms with Gasteiger partial charge in [0.2, 0.25) is 0 Å². The van der Waals surface area contributed by atoms with Crippen molar-refractivity contribution in [1.82, 2.24) is 5.32 Å². The molecule has 1 heterocycles. The third-order valence-electron chi connectivity index (χ3n) is 2.60. The fourth-order valence-electron chi connectivity index (χ4n) is 1.89. The van der Waals surface area contributed by atoms with Gasteiger partial charge in [-0.1, -0.05) is 13.8 Å². The van der Waals surface area contributed by atoms with Gasteiger partial charge in [0, 0.05) is 23.9 Å². The Balaban J connectivity index is 2.45. The molecule has 1 amide bonds. The van der Waals surface area contributed by atoms with Crippen LogP contribution < -0.4 is 5.32 Å². The van der Waals surface area contributed by atoms with E-state index in [1.54, 1.807) is 11.4 Å². The minimum Gasteiger partial charge on any atom is -0.481 e. The predicted molar refractivity (Wildman–Crippen MR) is 71.9 cm³/mol. The van der Waals surface area contributed by atoms with Crippen LogP contribution in [0, 0.1) is 11.8 Å². The van der Waals surface area contributed by atoms with Crippen molar-refractivity contribution in [2.45, 2.75) is 26.7 Å². The number of nitrogens with one attached hydrogen (secondary N) is 1. The zero-order chi connectivity index (χ0) is 13.5. The first-order valence-corrected chi connectivity index (χ1v) is 6.95. The Kier molecular flexibility index (Phi) is 5.85. The molecule has 0 saturated heterocycles. The molecule has 1 aromatic heterocycles. The molecule has 1 aromatic rings. The highest BCUT2D eigenvalue weighted by Gasteiger charge is 2.16. The first-order chi connectivity index (χ1) is 8.49. The summed E-state index contributed by atoms with van der Waals surface area (Å²) in [6.45, 7) is 4.52. The zero-order valence-electron chi connectivity index (χ0n) is 10.7. The molecule has 100 valence electrons. The van der Waals surface area contributed by atoms with Crippen LogP contribution in [0.1, 0.15) is 37.0 Å². The number of carbonyl (C=O) groups is 2. The quantitative estimate of drug-likeness (QED) is 0.799. The third kappa shape index (κ3) is 5.31. The molecule has 0 unspecified atom stereocenters. The second-order valence-corrected chi connectivity index (χ2v) is 5.60. The average molecular weight is 269 g/mol. The van der Waals surface area contributed by atoms with Gasteiger partial charge < -0.3 is 10.4 Å². The highest BCUT2D eigenvalue weighted by Crippen LogP contribution is 2.15. The van der Waals surface area contributed by atoms with Crippen molar-refractivity contribution >= 4 is 23.2 Å². The molecule has 0 radical (unpaired) electrons. The van der Waals surface area contributed by atoms with Gasteiger partial charge in [0.25, 0.3) is 5.91 Å². The lowest BCUT2D eigenvalue weighted by molar-refractivity contribution is -0.138. The summed E-state index contributed by atoms with van der Waals surface area (Å²) in [7, 11) is 0. The topological polar surface area (TPSA) is 66.4 Å². The Hall–Kier alpha value is -1.36. The number of amides is 1. The molecule has 0 aliphatic heterocycles. The predicted octanol–water partition coefficient (Wildman–Crippen LogP) is 2.61. The van der Waals surface area contributed by atoms with Gasteiger partial charge in [-0.2, -0.15) is 11.3 Å². The number of carboxylic acids is 1. The molecular weight excluding hydrogens is 250 g/mol. The van der Waals surface area contributed by atoms with E-state index in [2.05, 4.69) is 19.2 Å². The van der Waals surface area contributed by atoms with Crippen molar-refractivity contribution in [3.8, 4) is 0 Å². The van der Waals surface area contributed by atoms with E-state index in [0.717, 1.165) is 6.42 Å². The van der Waals surface area contributed by atoms with Crippen LogP contribution in [0.4, 0.5) is 0 Å². The summed E-state index contributed by atoms with van der Waals surface area (Å²) in [6, 6.07) is 1.76. The van der Waals surface area contributed by atoms with E-state index in [9.17, 15) is 9.59 Å². The maximum Gasteiger partial charge on any atom is 0.303 e. The Morgan fingerprint density at radius 3 is 2.67 bits per heavy atom. The summed E-state index contributed by atoms with van der Waals surface area (Å²) < 4.78 is 0. The van der Waals surface area contributed by atoms with Crippen molar-refractivity contribution in [3.63, 3.8) is 0 Å². The lowest BCUT2D eigenvalue weighted by Crippen LogP contribution is -2.30. The van der Waals surface area contributed by atoms with Crippen LogP contribution >= 0.6 is 11.3 Å². The van der Waals surface area contributed by atoms with Crippen LogP contribution in [-0.2, 0) is 4.79 Å². The molecule has 0 bridgehead atoms. The SMILES string of the molecule is CC(C)C[C@H](CNC(=O)c1ccsc1)CC(=O)O. The number of rotatable bonds is 7. The Labute approximate surface area is 111 Å². The number of thiophene rings is 1. The van der Waals surface area contributed by atoms with Crippen LogP contribution in [0.3, 0.4) is 0 Å². The van der Waals surface area contributed by atoms with Crippen molar-refractivity contribution in [2.75, 3.05) is 6.54 Å². The highest BCUT2D eigenvalue weighted by atomic mass is 32.1. The minimum atomic E-state index is -0.814.